The highest BCUT2D eigenvalue weighted by atomic mass is 16.7. The Morgan fingerprint density at radius 2 is 1.97 bits per heavy atom. The molecule has 174 valence electrons. The minimum Gasteiger partial charge on any atom is -0.454 e. The van der Waals surface area contributed by atoms with Gasteiger partial charge in [0, 0.05) is 16.6 Å². The number of aryl methyl sites for hydroxylation is 1. The maximum Gasteiger partial charge on any atom is 0.325 e. The molecule has 9 nitrogen and oxygen atoms in total. The van der Waals surface area contributed by atoms with Crippen LogP contribution in [-0.4, -0.2) is 40.6 Å². The van der Waals surface area contributed by atoms with Crippen molar-refractivity contribution in [3.05, 3.63) is 59.3 Å². The number of rotatable bonds is 5. The van der Waals surface area contributed by atoms with Gasteiger partial charge in [-0.15, -0.1) is 0 Å². The first kappa shape index (κ1) is 20.6. The molecule has 3 aromatic rings. The second-order valence-corrected chi connectivity index (χ2v) is 8.89. The summed E-state index contributed by atoms with van der Waals surface area (Å²) in [5.41, 5.74) is 4.08. The quantitative estimate of drug-likeness (QED) is 0.507. The van der Waals surface area contributed by atoms with E-state index in [9.17, 15) is 14.4 Å². The Balaban J connectivity index is 1.12. The Kier molecular flexibility index (Phi) is 4.90. The largest absolute Gasteiger partial charge is 0.454 e. The maximum absolute atomic E-state index is 12.9. The number of nitrogens with one attached hydrogen (secondary N) is 3. The van der Waals surface area contributed by atoms with Gasteiger partial charge in [0.15, 0.2) is 11.5 Å². The summed E-state index contributed by atoms with van der Waals surface area (Å²) in [6.07, 6.45) is 2.67. The van der Waals surface area contributed by atoms with E-state index < -0.39 is 18.0 Å². The number of fused-ring (bicyclic) bond motifs is 4. The molecule has 3 aliphatic rings. The number of amides is 4. The molecule has 1 aromatic heterocycles. The van der Waals surface area contributed by atoms with Crippen LogP contribution in [-0.2, 0) is 22.6 Å². The van der Waals surface area contributed by atoms with Gasteiger partial charge >= 0.3 is 6.03 Å². The van der Waals surface area contributed by atoms with Crippen LogP contribution in [0.15, 0.2) is 42.5 Å². The molecule has 6 rings (SSSR count). The molecule has 2 aromatic carbocycles. The fraction of sp³-hybridized carbons (Fsp3) is 0.320. The summed E-state index contributed by atoms with van der Waals surface area (Å²) < 4.78 is 10.7. The fourth-order valence-electron chi connectivity index (χ4n) is 5.08. The number of benzene rings is 2. The molecular weight excluding hydrogens is 436 g/mol. The Hall–Kier alpha value is -4.01. The summed E-state index contributed by atoms with van der Waals surface area (Å²) in [6, 6.07) is 11.9. The highest BCUT2D eigenvalue weighted by Gasteiger charge is 2.39. The number of para-hydroxylation sites is 1. The van der Waals surface area contributed by atoms with Gasteiger partial charge in [0.1, 0.15) is 6.04 Å². The lowest BCUT2D eigenvalue weighted by molar-refractivity contribution is -0.131. The van der Waals surface area contributed by atoms with Crippen LogP contribution in [0.25, 0.3) is 10.9 Å². The Morgan fingerprint density at radius 3 is 2.88 bits per heavy atom. The van der Waals surface area contributed by atoms with Crippen LogP contribution in [0.2, 0.25) is 0 Å². The molecule has 0 bridgehead atoms. The molecular formula is C25H24N4O5. The van der Waals surface area contributed by atoms with E-state index in [4.69, 9.17) is 9.47 Å². The van der Waals surface area contributed by atoms with Crippen molar-refractivity contribution in [1.82, 2.24) is 20.5 Å². The second kappa shape index (κ2) is 8.09. The Morgan fingerprint density at radius 1 is 1.12 bits per heavy atom. The molecule has 9 heteroatoms. The third-order valence-electron chi connectivity index (χ3n) is 6.72. The number of carbonyl (C=O) groups is 3. The second-order valence-electron chi connectivity index (χ2n) is 8.89. The van der Waals surface area contributed by atoms with Crippen LogP contribution in [0.5, 0.6) is 11.5 Å². The lowest BCUT2D eigenvalue weighted by Crippen LogP contribution is -2.38. The average Bonchev–Trinajstić information content (AvgIpc) is 3.52. The van der Waals surface area contributed by atoms with Gasteiger partial charge in [-0.3, -0.25) is 14.5 Å². The van der Waals surface area contributed by atoms with E-state index in [2.05, 4.69) is 21.7 Å². The molecule has 2 atom stereocenters. The number of H-pyrrole nitrogens is 1. The number of ether oxygens (including phenoxy) is 2. The first-order valence-corrected chi connectivity index (χ1v) is 11.5. The molecule has 0 radical (unpaired) electrons. The SMILES string of the molecule is O=C(C[C@@H]1NC(=O)N(Cc2ccc3c(c2)OCO3)C1=O)NC1CCCc2c1[nH]c1ccccc21. The summed E-state index contributed by atoms with van der Waals surface area (Å²) >= 11 is 0. The van der Waals surface area contributed by atoms with Crippen molar-refractivity contribution in [3.8, 4) is 11.5 Å². The molecule has 1 saturated heterocycles. The highest BCUT2D eigenvalue weighted by molar-refractivity contribution is 6.05. The van der Waals surface area contributed by atoms with Gasteiger partial charge in [0.25, 0.3) is 5.91 Å². The summed E-state index contributed by atoms with van der Waals surface area (Å²) in [6.45, 7) is 0.251. The zero-order valence-electron chi connectivity index (χ0n) is 18.4. The van der Waals surface area contributed by atoms with Gasteiger partial charge in [0.2, 0.25) is 12.7 Å². The van der Waals surface area contributed by atoms with Gasteiger partial charge in [-0.05, 0) is 48.6 Å². The topological polar surface area (TPSA) is 113 Å². The van der Waals surface area contributed by atoms with Crippen molar-refractivity contribution < 1.29 is 23.9 Å². The lowest BCUT2D eigenvalue weighted by atomic mass is 9.91. The Bertz CT molecular complexity index is 1320. The molecule has 0 spiro atoms. The predicted octanol–water partition coefficient (Wildman–Crippen LogP) is 2.90. The standard InChI is InChI=1S/C25H24N4O5/c30-22(26-18-7-3-5-16-15-4-1-2-6-17(15)27-23(16)18)11-19-24(31)29(25(32)28-19)12-14-8-9-20-21(10-14)34-13-33-20/h1-2,4,6,8-10,18-19,27H,3,5,7,11-13H2,(H,26,30)(H,28,32)/t18?,19-/m0/s1. The Labute approximate surface area is 195 Å². The summed E-state index contributed by atoms with van der Waals surface area (Å²) in [4.78, 5) is 42.8. The summed E-state index contributed by atoms with van der Waals surface area (Å²) in [7, 11) is 0. The third kappa shape index (κ3) is 3.53. The molecule has 34 heavy (non-hydrogen) atoms. The van der Waals surface area contributed by atoms with Crippen LogP contribution in [0.4, 0.5) is 4.79 Å². The van der Waals surface area contributed by atoms with Gasteiger partial charge in [-0.2, -0.15) is 0 Å². The first-order chi connectivity index (χ1) is 16.6. The van der Waals surface area contributed by atoms with Crippen molar-refractivity contribution in [2.75, 3.05) is 6.79 Å². The van der Waals surface area contributed by atoms with Crippen molar-refractivity contribution in [2.24, 2.45) is 0 Å². The fourth-order valence-corrected chi connectivity index (χ4v) is 5.08. The molecule has 3 heterocycles. The highest BCUT2D eigenvalue weighted by Crippen LogP contribution is 2.35. The van der Waals surface area contributed by atoms with E-state index in [0.29, 0.717) is 11.5 Å². The normalized spacial score (nSPS) is 21.0. The number of carbonyl (C=O) groups excluding carboxylic acids is 3. The summed E-state index contributed by atoms with van der Waals surface area (Å²) in [5, 5.41) is 6.91. The minimum atomic E-state index is -0.882. The van der Waals surface area contributed by atoms with Crippen molar-refractivity contribution in [3.63, 3.8) is 0 Å². The van der Waals surface area contributed by atoms with Crippen LogP contribution < -0.4 is 20.1 Å². The number of hydrogen-bond acceptors (Lipinski definition) is 5. The van der Waals surface area contributed by atoms with Crippen LogP contribution >= 0.6 is 0 Å². The smallest absolute Gasteiger partial charge is 0.325 e. The number of aromatic amines is 1. The molecule has 2 aliphatic heterocycles. The van der Waals surface area contributed by atoms with Crippen molar-refractivity contribution >= 4 is 28.7 Å². The number of imide groups is 1. The molecule has 1 unspecified atom stereocenters. The van der Waals surface area contributed by atoms with E-state index >= 15 is 0 Å². The van der Waals surface area contributed by atoms with Gasteiger partial charge in [-0.25, -0.2) is 4.79 Å². The molecule has 0 saturated carbocycles. The zero-order valence-corrected chi connectivity index (χ0v) is 18.4. The van der Waals surface area contributed by atoms with Crippen molar-refractivity contribution in [2.45, 2.75) is 44.3 Å². The van der Waals surface area contributed by atoms with Crippen LogP contribution in [0.3, 0.4) is 0 Å². The minimum absolute atomic E-state index is 0.0977. The van der Waals surface area contributed by atoms with Gasteiger partial charge in [-0.1, -0.05) is 24.3 Å². The lowest BCUT2D eigenvalue weighted by Gasteiger charge is -2.24. The van der Waals surface area contributed by atoms with Crippen molar-refractivity contribution in [1.29, 1.82) is 0 Å². The van der Waals surface area contributed by atoms with Crippen LogP contribution in [0.1, 0.15) is 42.1 Å². The third-order valence-corrected chi connectivity index (χ3v) is 6.72. The van der Waals surface area contributed by atoms with E-state index in [1.54, 1.807) is 18.2 Å². The van der Waals surface area contributed by atoms with E-state index in [-0.39, 0.29) is 31.7 Å². The van der Waals surface area contributed by atoms with Gasteiger partial charge in [0.05, 0.1) is 19.0 Å². The zero-order chi connectivity index (χ0) is 23.2. The average molecular weight is 460 g/mol. The number of nitrogens with zero attached hydrogens (tertiary/aromatic N) is 1. The predicted molar refractivity (Wildman–Crippen MR) is 122 cm³/mol. The maximum atomic E-state index is 12.9. The van der Waals surface area contributed by atoms with E-state index in [1.807, 2.05) is 18.2 Å². The van der Waals surface area contributed by atoms with Gasteiger partial charge < -0.3 is 25.1 Å². The number of urea groups is 1. The number of hydrogen-bond donors (Lipinski definition) is 3. The first-order valence-electron chi connectivity index (χ1n) is 11.5. The summed E-state index contributed by atoms with van der Waals surface area (Å²) in [5.74, 6) is 0.550. The number of aromatic nitrogens is 1. The molecule has 1 aliphatic carbocycles. The molecule has 3 N–H and O–H groups in total. The van der Waals surface area contributed by atoms with Crippen LogP contribution in [0, 0.1) is 0 Å². The molecule has 1 fully saturated rings. The molecule has 4 amide bonds. The monoisotopic (exact) mass is 460 g/mol. The van der Waals surface area contributed by atoms with E-state index in [0.717, 1.165) is 40.9 Å². The van der Waals surface area contributed by atoms with E-state index in [1.165, 1.54) is 10.9 Å².